The van der Waals surface area contributed by atoms with Gasteiger partial charge in [0.25, 0.3) is 5.91 Å². The quantitative estimate of drug-likeness (QED) is 0.0948. The third-order valence-electron chi connectivity index (χ3n) is 10.8. The van der Waals surface area contributed by atoms with Crippen LogP contribution < -0.4 is 10.6 Å². The fourth-order valence-corrected chi connectivity index (χ4v) is 7.45. The number of hydrogen-bond acceptors (Lipinski definition) is 8. The van der Waals surface area contributed by atoms with Gasteiger partial charge in [0.1, 0.15) is 12.4 Å². The average molecular weight is 774 g/mol. The van der Waals surface area contributed by atoms with Gasteiger partial charge < -0.3 is 24.6 Å². The molecule has 6 rings (SSSR count). The van der Waals surface area contributed by atoms with Crippen LogP contribution in [0.4, 0.5) is 10.5 Å². The first-order chi connectivity index (χ1) is 27.6. The molecule has 0 aliphatic carbocycles. The summed E-state index contributed by atoms with van der Waals surface area (Å²) in [7, 11) is 1.81. The normalized spacial score (nSPS) is 16.1. The summed E-state index contributed by atoms with van der Waals surface area (Å²) >= 11 is 0. The van der Waals surface area contributed by atoms with Gasteiger partial charge in [-0.15, -0.1) is 0 Å². The van der Waals surface area contributed by atoms with E-state index in [9.17, 15) is 19.2 Å². The van der Waals surface area contributed by atoms with Crippen molar-refractivity contribution in [3.05, 3.63) is 125 Å². The van der Waals surface area contributed by atoms with Gasteiger partial charge >= 0.3 is 6.09 Å². The average Bonchev–Trinajstić information content (AvgIpc) is 3.23. The van der Waals surface area contributed by atoms with Gasteiger partial charge in [0.05, 0.1) is 11.8 Å². The number of benzene rings is 4. The lowest BCUT2D eigenvalue weighted by atomic mass is 9.95. The SMILES string of the molecule is CC(C)OC(NC(=O)C1CCN(Cc2ccc(C=O)cc2)CC1)c1ccc(C(=O)N(C)CCN2CCC(OC(=O)Nc3ccccc3-c3ccccc3)CC2)cc1. The number of carbonyl (C=O) groups excluding carboxylic acids is 4. The summed E-state index contributed by atoms with van der Waals surface area (Å²) in [4.78, 5) is 57.0. The summed E-state index contributed by atoms with van der Waals surface area (Å²) in [5.41, 5.74) is 5.84. The minimum atomic E-state index is -0.628. The van der Waals surface area contributed by atoms with Crippen molar-refractivity contribution in [2.45, 2.75) is 64.5 Å². The number of carbonyl (C=O) groups is 4. The van der Waals surface area contributed by atoms with E-state index in [2.05, 4.69) is 20.4 Å². The molecule has 2 aliphatic heterocycles. The molecule has 57 heavy (non-hydrogen) atoms. The van der Waals surface area contributed by atoms with E-state index in [0.29, 0.717) is 29.9 Å². The number of rotatable bonds is 15. The molecule has 4 aromatic carbocycles. The van der Waals surface area contributed by atoms with E-state index in [4.69, 9.17) is 9.47 Å². The standard InChI is InChI=1S/C46H55N5O6/c1-33(2)56-44(48-43(53)37-21-25-51(26-22-37)31-34-13-15-35(32-52)16-14-34)38-17-19-39(20-18-38)45(54)49(3)29-30-50-27-23-40(24-28-50)57-46(55)47-42-12-8-7-11-41(42)36-9-5-4-6-10-36/h4-20,32-33,37,40,44H,21-31H2,1-3H3,(H,47,55)(H,48,53). The first-order valence-corrected chi connectivity index (χ1v) is 20.1. The highest BCUT2D eigenvalue weighted by atomic mass is 16.6. The van der Waals surface area contributed by atoms with E-state index >= 15 is 0 Å². The van der Waals surface area contributed by atoms with Crippen molar-refractivity contribution in [3.8, 4) is 11.1 Å². The van der Waals surface area contributed by atoms with Crippen LogP contribution in [0.15, 0.2) is 103 Å². The lowest BCUT2D eigenvalue weighted by molar-refractivity contribution is -0.132. The van der Waals surface area contributed by atoms with Gasteiger partial charge in [-0.3, -0.25) is 24.6 Å². The van der Waals surface area contributed by atoms with Crippen LogP contribution in [0.5, 0.6) is 0 Å². The number of para-hydroxylation sites is 1. The molecule has 0 saturated carbocycles. The maximum atomic E-state index is 13.4. The minimum Gasteiger partial charge on any atom is -0.446 e. The highest BCUT2D eigenvalue weighted by molar-refractivity contribution is 5.94. The molecule has 11 heteroatoms. The number of ether oxygens (including phenoxy) is 2. The van der Waals surface area contributed by atoms with Gasteiger partial charge in [-0.25, -0.2) is 4.79 Å². The number of likely N-dealkylation sites (tertiary alicyclic amines) is 2. The number of aldehydes is 1. The summed E-state index contributed by atoms with van der Waals surface area (Å²) in [6.45, 7) is 9.10. The molecule has 0 bridgehead atoms. The predicted octanol–water partition coefficient (Wildman–Crippen LogP) is 7.40. The van der Waals surface area contributed by atoms with Crippen LogP contribution in [0.1, 0.15) is 77.6 Å². The highest BCUT2D eigenvalue weighted by Gasteiger charge is 2.28. The minimum absolute atomic E-state index is 0.0287. The molecular formula is C46H55N5O6. The summed E-state index contributed by atoms with van der Waals surface area (Å²) in [6.07, 6.45) is 2.42. The molecule has 4 aromatic rings. The van der Waals surface area contributed by atoms with Crippen LogP contribution in [0.3, 0.4) is 0 Å². The molecule has 2 heterocycles. The highest BCUT2D eigenvalue weighted by Crippen LogP contribution is 2.28. The van der Waals surface area contributed by atoms with Gasteiger partial charge in [-0.05, 0) is 81.9 Å². The Hall–Kier alpha value is -5.36. The lowest BCUT2D eigenvalue weighted by Crippen LogP contribution is -2.42. The number of piperidine rings is 2. The Morgan fingerprint density at radius 3 is 2.12 bits per heavy atom. The number of nitrogens with zero attached hydrogens (tertiary/aromatic N) is 3. The van der Waals surface area contributed by atoms with E-state index in [0.717, 1.165) is 86.9 Å². The zero-order chi connectivity index (χ0) is 40.1. The molecule has 0 spiro atoms. The van der Waals surface area contributed by atoms with Crippen LogP contribution in [0.25, 0.3) is 11.1 Å². The molecular weight excluding hydrogens is 719 g/mol. The molecule has 2 N–H and O–H groups in total. The van der Waals surface area contributed by atoms with E-state index < -0.39 is 12.3 Å². The Balaban J connectivity index is 0.924. The van der Waals surface area contributed by atoms with Crippen molar-refractivity contribution in [2.24, 2.45) is 5.92 Å². The molecule has 2 aliphatic rings. The Morgan fingerprint density at radius 1 is 0.807 bits per heavy atom. The van der Waals surface area contributed by atoms with Crippen molar-refractivity contribution in [2.75, 3.05) is 51.6 Å². The van der Waals surface area contributed by atoms with Gasteiger partial charge in [-0.2, -0.15) is 0 Å². The Kier molecular flexibility index (Phi) is 14.6. The van der Waals surface area contributed by atoms with E-state index in [1.807, 2.05) is 112 Å². The Labute approximate surface area is 336 Å². The van der Waals surface area contributed by atoms with Crippen LogP contribution in [0, 0.1) is 5.92 Å². The third kappa shape index (κ3) is 11.8. The summed E-state index contributed by atoms with van der Waals surface area (Å²) in [5, 5.41) is 6.06. The lowest BCUT2D eigenvalue weighted by Gasteiger charge is -2.32. The smallest absolute Gasteiger partial charge is 0.411 e. The monoisotopic (exact) mass is 773 g/mol. The number of nitrogens with one attached hydrogen (secondary N) is 2. The van der Waals surface area contributed by atoms with E-state index in [1.54, 1.807) is 17.0 Å². The molecule has 0 radical (unpaired) electrons. The second-order valence-corrected chi connectivity index (χ2v) is 15.3. The van der Waals surface area contributed by atoms with Crippen LogP contribution in [-0.4, -0.2) is 97.4 Å². The number of hydrogen-bond donors (Lipinski definition) is 2. The second kappa shape index (κ2) is 20.2. The molecule has 1 atom stereocenters. The fraction of sp³-hybridized carbons (Fsp3) is 0.391. The fourth-order valence-electron chi connectivity index (χ4n) is 7.45. The number of likely N-dealkylation sites (N-methyl/N-ethyl adjacent to an activating group) is 1. The predicted molar refractivity (Wildman–Crippen MR) is 222 cm³/mol. The Bertz CT molecular complexity index is 1920. The molecule has 1 unspecified atom stereocenters. The van der Waals surface area contributed by atoms with Gasteiger partial charge in [0.2, 0.25) is 5.91 Å². The van der Waals surface area contributed by atoms with Gasteiger partial charge in [0, 0.05) is 67.9 Å². The zero-order valence-electron chi connectivity index (χ0n) is 33.3. The number of amides is 3. The zero-order valence-corrected chi connectivity index (χ0v) is 33.3. The van der Waals surface area contributed by atoms with Crippen molar-refractivity contribution < 1.29 is 28.7 Å². The maximum Gasteiger partial charge on any atom is 0.411 e. The molecule has 0 aromatic heterocycles. The van der Waals surface area contributed by atoms with Crippen molar-refractivity contribution in [1.29, 1.82) is 0 Å². The second-order valence-electron chi connectivity index (χ2n) is 15.3. The van der Waals surface area contributed by atoms with Crippen LogP contribution >= 0.6 is 0 Å². The van der Waals surface area contributed by atoms with Gasteiger partial charge in [-0.1, -0.05) is 84.9 Å². The van der Waals surface area contributed by atoms with Crippen LogP contribution in [0.2, 0.25) is 0 Å². The molecule has 2 saturated heterocycles. The Morgan fingerprint density at radius 2 is 1.46 bits per heavy atom. The third-order valence-corrected chi connectivity index (χ3v) is 10.8. The summed E-state index contributed by atoms with van der Waals surface area (Å²) < 4.78 is 11.9. The van der Waals surface area contributed by atoms with E-state index in [1.165, 1.54) is 0 Å². The molecule has 11 nitrogen and oxygen atoms in total. The maximum absolute atomic E-state index is 13.4. The van der Waals surface area contributed by atoms with Crippen molar-refractivity contribution >= 4 is 29.9 Å². The van der Waals surface area contributed by atoms with Gasteiger partial charge in [0.15, 0.2) is 6.23 Å². The van der Waals surface area contributed by atoms with E-state index in [-0.39, 0.29) is 29.9 Å². The summed E-state index contributed by atoms with van der Waals surface area (Å²) in [5.74, 6) is -0.222. The summed E-state index contributed by atoms with van der Waals surface area (Å²) in [6, 6.07) is 32.6. The molecule has 3 amide bonds. The molecule has 2 fully saturated rings. The molecule has 300 valence electrons. The first kappa shape index (κ1) is 41.3. The largest absolute Gasteiger partial charge is 0.446 e. The topological polar surface area (TPSA) is 121 Å². The number of anilines is 1. The van der Waals surface area contributed by atoms with Crippen molar-refractivity contribution in [1.82, 2.24) is 20.0 Å². The van der Waals surface area contributed by atoms with Crippen molar-refractivity contribution in [3.63, 3.8) is 0 Å². The first-order valence-electron chi connectivity index (χ1n) is 20.1. The van der Waals surface area contributed by atoms with Crippen LogP contribution in [-0.2, 0) is 20.8 Å².